The summed E-state index contributed by atoms with van der Waals surface area (Å²) < 4.78 is 7.28. The number of carbonyl (C=O) groups is 1. The minimum absolute atomic E-state index is 0.368. The molecular weight excluding hydrogens is 256 g/mol. The highest BCUT2D eigenvalue weighted by atomic mass is 16.5. The van der Waals surface area contributed by atoms with Crippen molar-refractivity contribution in [1.82, 2.24) is 9.55 Å². The molecule has 1 heterocycles. The fraction of sp³-hybridized carbons (Fsp3) is 0.429. The molecule has 0 aliphatic heterocycles. The molecule has 4 N–H and O–H groups in total. The van der Waals surface area contributed by atoms with Crippen LogP contribution in [0.2, 0.25) is 0 Å². The second kappa shape index (κ2) is 5.81. The first-order valence-electron chi connectivity index (χ1n) is 6.72. The first-order valence-corrected chi connectivity index (χ1v) is 6.72. The van der Waals surface area contributed by atoms with E-state index in [4.69, 9.17) is 16.2 Å². The van der Waals surface area contributed by atoms with E-state index in [9.17, 15) is 4.79 Å². The number of unbranched alkanes of at least 4 members (excludes halogenated alkanes) is 2. The van der Waals surface area contributed by atoms with E-state index in [1.807, 2.05) is 4.57 Å². The molecule has 0 saturated carbocycles. The normalized spacial score (nSPS) is 10.9. The van der Waals surface area contributed by atoms with Gasteiger partial charge in [-0.15, -0.1) is 0 Å². The Labute approximate surface area is 117 Å². The smallest absolute Gasteiger partial charge is 0.248 e. The molecule has 1 aromatic heterocycles. The van der Waals surface area contributed by atoms with E-state index in [2.05, 4.69) is 11.9 Å². The number of aryl methyl sites for hydroxylation is 1. The zero-order valence-electron chi connectivity index (χ0n) is 11.8. The fourth-order valence-electron chi connectivity index (χ4n) is 2.29. The molecule has 20 heavy (non-hydrogen) atoms. The van der Waals surface area contributed by atoms with Crippen molar-refractivity contribution >= 4 is 22.9 Å². The molecule has 1 aromatic carbocycles. The predicted molar refractivity (Wildman–Crippen MR) is 78.7 cm³/mol. The van der Waals surface area contributed by atoms with Crippen LogP contribution in [0.25, 0.3) is 11.0 Å². The Kier molecular flexibility index (Phi) is 4.12. The lowest BCUT2D eigenvalue weighted by atomic mass is 10.1. The van der Waals surface area contributed by atoms with E-state index < -0.39 is 5.91 Å². The van der Waals surface area contributed by atoms with Crippen molar-refractivity contribution in [2.24, 2.45) is 5.73 Å². The van der Waals surface area contributed by atoms with Crippen LogP contribution in [0.1, 0.15) is 36.5 Å². The topological polar surface area (TPSA) is 96.2 Å². The number of methoxy groups -OCH3 is 1. The SMILES string of the molecule is CCCCCn1c(N)nc2cc(C(N)=O)cc(OC)c21. The third-order valence-electron chi connectivity index (χ3n) is 3.33. The molecule has 0 unspecified atom stereocenters. The minimum atomic E-state index is -0.510. The number of anilines is 1. The molecule has 0 aliphatic rings. The number of fused-ring (bicyclic) bond motifs is 1. The van der Waals surface area contributed by atoms with Crippen molar-refractivity contribution in [3.63, 3.8) is 0 Å². The van der Waals surface area contributed by atoms with E-state index >= 15 is 0 Å². The predicted octanol–water partition coefficient (Wildman–Crippen LogP) is 1.92. The Bertz CT molecular complexity index is 634. The number of imidazole rings is 1. The number of rotatable bonds is 6. The number of amides is 1. The molecule has 0 bridgehead atoms. The summed E-state index contributed by atoms with van der Waals surface area (Å²) in [4.78, 5) is 15.6. The summed E-state index contributed by atoms with van der Waals surface area (Å²) in [5.41, 5.74) is 13.1. The summed E-state index contributed by atoms with van der Waals surface area (Å²) in [6, 6.07) is 3.27. The maximum absolute atomic E-state index is 11.3. The van der Waals surface area contributed by atoms with Crippen LogP contribution < -0.4 is 16.2 Å². The number of ether oxygens (including phenoxy) is 1. The third kappa shape index (κ3) is 2.54. The Morgan fingerprint density at radius 3 is 2.75 bits per heavy atom. The quantitative estimate of drug-likeness (QED) is 0.788. The lowest BCUT2D eigenvalue weighted by Gasteiger charge is -2.09. The number of carbonyl (C=O) groups excluding carboxylic acids is 1. The Morgan fingerprint density at radius 2 is 2.15 bits per heavy atom. The Balaban J connectivity index is 2.53. The van der Waals surface area contributed by atoms with Crippen LogP contribution in [-0.4, -0.2) is 22.6 Å². The lowest BCUT2D eigenvalue weighted by Crippen LogP contribution is -2.11. The highest BCUT2D eigenvalue weighted by Crippen LogP contribution is 2.29. The average Bonchev–Trinajstić information content (AvgIpc) is 2.74. The lowest BCUT2D eigenvalue weighted by molar-refractivity contribution is 0.1000. The van der Waals surface area contributed by atoms with Gasteiger partial charge in [-0.25, -0.2) is 4.98 Å². The van der Waals surface area contributed by atoms with Crippen LogP contribution >= 0.6 is 0 Å². The van der Waals surface area contributed by atoms with E-state index in [0.717, 1.165) is 31.3 Å². The largest absolute Gasteiger partial charge is 0.494 e. The molecule has 2 aromatic rings. The first-order chi connectivity index (χ1) is 9.58. The zero-order valence-corrected chi connectivity index (χ0v) is 11.8. The van der Waals surface area contributed by atoms with Gasteiger partial charge in [0.25, 0.3) is 0 Å². The highest BCUT2D eigenvalue weighted by Gasteiger charge is 2.16. The van der Waals surface area contributed by atoms with Crippen molar-refractivity contribution < 1.29 is 9.53 Å². The molecule has 6 nitrogen and oxygen atoms in total. The molecule has 0 atom stereocenters. The van der Waals surface area contributed by atoms with Crippen molar-refractivity contribution in [1.29, 1.82) is 0 Å². The summed E-state index contributed by atoms with van der Waals surface area (Å²) >= 11 is 0. The van der Waals surface area contributed by atoms with Gasteiger partial charge in [-0.1, -0.05) is 19.8 Å². The van der Waals surface area contributed by atoms with Gasteiger partial charge in [-0.3, -0.25) is 4.79 Å². The van der Waals surface area contributed by atoms with Crippen molar-refractivity contribution in [2.75, 3.05) is 12.8 Å². The van der Waals surface area contributed by atoms with Crippen LogP contribution in [0, 0.1) is 0 Å². The molecule has 2 rings (SSSR count). The molecule has 108 valence electrons. The maximum Gasteiger partial charge on any atom is 0.248 e. The second-order valence-corrected chi connectivity index (χ2v) is 4.74. The summed E-state index contributed by atoms with van der Waals surface area (Å²) in [6.45, 7) is 2.93. The molecule has 0 radical (unpaired) electrons. The number of primary amides is 1. The average molecular weight is 276 g/mol. The van der Waals surface area contributed by atoms with E-state index in [-0.39, 0.29) is 0 Å². The number of nitrogens with zero attached hydrogens (tertiary/aromatic N) is 2. The standard InChI is InChI=1S/C14H20N4O2/c1-3-4-5-6-18-12-10(17-14(18)16)7-9(13(15)19)8-11(12)20-2/h7-8H,3-6H2,1-2H3,(H2,15,19)(H2,16,17). The molecule has 0 saturated heterocycles. The first kappa shape index (κ1) is 14.2. The number of aromatic nitrogens is 2. The van der Waals surface area contributed by atoms with Crippen molar-refractivity contribution in [3.05, 3.63) is 17.7 Å². The fourth-order valence-corrected chi connectivity index (χ4v) is 2.29. The van der Waals surface area contributed by atoms with Crippen LogP contribution in [0.5, 0.6) is 5.75 Å². The molecule has 0 aliphatic carbocycles. The van der Waals surface area contributed by atoms with Gasteiger partial charge in [0.15, 0.2) is 0 Å². The van der Waals surface area contributed by atoms with Gasteiger partial charge in [0.1, 0.15) is 11.3 Å². The minimum Gasteiger partial charge on any atom is -0.494 e. The van der Waals surface area contributed by atoms with E-state index in [0.29, 0.717) is 22.8 Å². The molecular formula is C14H20N4O2. The van der Waals surface area contributed by atoms with Gasteiger partial charge in [0.2, 0.25) is 11.9 Å². The van der Waals surface area contributed by atoms with Gasteiger partial charge < -0.3 is 20.8 Å². The zero-order chi connectivity index (χ0) is 14.7. The molecule has 6 heteroatoms. The van der Waals surface area contributed by atoms with Crippen LogP contribution in [0.4, 0.5) is 5.95 Å². The Morgan fingerprint density at radius 1 is 1.40 bits per heavy atom. The van der Waals surface area contributed by atoms with E-state index in [1.165, 1.54) is 0 Å². The number of benzene rings is 1. The second-order valence-electron chi connectivity index (χ2n) is 4.74. The monoisotopic (exact) mass is 276 g/mol. The van der Waals surface area contributed by atoms with Crippen LogP contribution in [0.3, 0.4) is 0 Å². The van der Waals surface area contributed by atoms with Crippen molar-refractivity contribution in [2.45, 2.75) is 32.7 Å². The van der Waals surface area contributed by atoms with Gasteiger partial charge in [0.05, 0.1) is 12.6 Å². The van der Waals surface area contributed by atoms with Crippen molar-refractivity contribution in [3.8, 4) is 5.75 Å². The van der Waals surface area contributed by atoms with Gasteiger partial charge in [0, 0.05) is 12.1 Å². The van der Waals surface area contributed by atoms with Gasteiger partial charge >= 0.3 is 0 Å². The maximum atomic E-state index is 11.3. The van der Waals surface area contributed by atoms with Crippen LogP contribution in [0.15, 0.2) is 12.1 Å². The molecule has 0 fully saturated rings. The number of nitrogens with two attached hydrogens (primary N) is 2. The third-order valence-corrected chi connectivity index (χ3v) is 3.33. The van der Waals surface area contributed by atoms with Gasteiger partial charge in [-0.05, 0) is 18.6 Å². The number of hydrogen-bond donors (Lipinski definition) is 2. The summed E-state index contributed by atoms with van der Waals surface area (Å²) in [5, 5.41) is 0. The molecule has 0 spiro atoms. The summed E-state index contributed by atoms with van der Waals surface area (Å²) in [7, 11) is 1.55. The van der Waals surface area contributed by atoms with Crippen LogP contribution in [-0.2, 0) is 6.54 Å². The number of hydrogen-bond acceptors (Lipinski definition) is 4. The summed E-state index contributed by atoms with van der Waals surface area (Å²) in [6.07, 6.45) is 3.28. The number of nitrogen functional groups attached to an aromatic ring is 1. The molecule has 1 amide bonds. The van der Waals surface area contributed by atoms with Gasteiger partial charge in [-0.2, -0.15) is 0 Å². The Hall–Kier alpha value is -2.24. The van der Waals surface area contributed by atoms with E-state index in [1.54, 1.807) is 19.2 Å². The summed E-state index contributed by atoms with van der Waals surface area (Å²) in [5.74, 6) is 0.484. The highest BCUT2D eigenvalue weighted by molar-refractivity contribution is 5.98.